The molecule has 1 aromatic rings. The van der Waals surface area contributed by atoms with E-state index in [0.717, 1.165) is 5.01 Å². The largest absolute Gasteiger partial charge is 0.480 e. The van der Waals surface area contributed by atoms with Crippen LogP contribution in [0, 0.1) is 0 Å². The average molecular weight is 279 g/mol. The van der Waals surface area contributed by atoms with Crippen molar-refractivity contribution < 1.29 is 9.90 Å². The first-order valence-corrected chi connectivity index (χ1v) is 5.69. The Morgan fingerprint density at radius 3 is 2.57 bits per heavy atom. The molecule has 0 aromatic carbocycles. The molecule has 0 amide bonds. The van der Waals surface area contributed by atoms with Gasteiger partial charge in [-0.05, 0) is 15.9 Å². The number of nitrogens with two attached hydrogens (primary N) is 1. The van der Waals surface area contributed by atoms with Crippen LogP contribution in [0.25, 0.3) is 0 Å². The lowest BCUT2D eigenvalue weighted by Gasteiger charge is -2.02. The minimum atomic E-state index is -1.06. The highest BCUT2D eigenvalue weighted by atomic mass is 79.9. The van der Waals surface area contributed by atoms with E-state index in [1.807, 2.05) is 13.8 Å². The van der Waals surface area contributed by atoms with Crippen LogP contribution in [0.3, 0.4) is 0 Å². The van der Waals surface area contributed by atoms with Gasteiger partial charge in [0, 0.05) is 5.92 Å². The summed E-state index contributed by atoms with van der Waals surface area (Å²) in [5.41, 5.74) is 5.88. The van der Waals surface area contributed by atoms with Crippen molar-refractivity contribution in [3.05, 3.63) is 14.5 Å². The standard InChI is InChI=1S/C8H11BrN2O2S/c1-3(2)7-11-5(6(9)14-7)4(10)8(12)13/h3-4H,10H2,1-2H3,(H,12,13). The predicted molar refractivity (Wildman–Crippen MR) is 58.5 cm³/mol. The van der Waals surface area contributed by atoms with E-state index in [0.29, 0.717) is 9.48 Å². The third kappa shape index (κ3) is 2.31. The first-order valence-electron chi connectivity index (χ1n) is 4.08. The van der Waals surface area contributed by atoms with E-state index in [1.54, 1.807) is 0 Å². The van der Waals surface area contributed by atoms with Crippen LogP contribution in [0.4, 0.5) is 0 Å². The van der Waals surface area contributed by atoms with Gasteiger partial charge in [-0.15, -0.1) is 11.3 Å². The molecule has 1 heterocycles. The Labute approximate surface area is 94.3 Å². The summed E-state index contributed by atoms with van der Waals surface area (Å²) >= 11 is 4.70. The van der Waals surface area contributed by atoms with E-state index in [2.05, 4.69) is 20.9 Å². The van der Waals surface area contributed by atoms with Gasteiger partial charge in [0.05, 0.1) is 14.5 Å². The number of carbonyl (C=O) groups is 1. The van der Waals surface area contributed by atoms with Crippen molar-refractivity contribution in [1.82, 2.24) is 4.98 Å². The minimum Gasteiger partial charge on any atom is -0.480 e. The molecule has 0 fully saturated rings. The number of halogens is 1. The van der Waals surface area contributed by atoms with Gasteiger partial charge >= 0.3 is 5.97 Å². The van der Waals surface area contributed by atoms with Gasteiger partial charge in [-0.2, -0.15) is 0 Å². The Hall–Kier alpha value is -0.460. The third-order valence-corrected chi connectivity index (χ3v) is 3.73. The number of aliphatic carboxylic acids is 1. The summed E-state index contributed by atoms with van der Waals surface area (Å²) in [6.45, 7) is 4.00. The number of carboxylic acids is 1. The Morgan fingerprint density at radius 2 is 2.21 bits per heavy atom. The zero-order chi connectivity index (χ0) is 10.9. The molecule has 1 atom stereocenters. The summed E-state index contributed by atoms with van der Waals surface area (Å²) in [6.07, 6.45) is 0. The van der Waals surface area contributed by atoms with Gasteiger partial charge in [-0.25, -0.2) is 4.98 Å². The summed E-state index contributed by atoms with van der Waals surface area (Å²) in [5, 5.41) is 9.62. The summed E-state index contributed by atoms with van der Waals surface area (Å²) < 4.78 is 0.705. The molecule has 0 saturated carbocycles. The van der Waals surface area contributed by atoms with Crippen molar-refractivity contribution in [3.8, 4) is 0 Å². The van der Waals surface area contributed by atoms with Gasteiger partial charge in [0.1, 0.15) is 6.04 Å². The quantitative estimate of drug-likeness (QED) is 0.888. The molecule has 78 valence electrons. The van der Waals surface area contributed by atoms with Crippen LogP contribution in [0.2, 0.25) is 0 Å². The fraction of sp³-hybridized carbons (Fsp3) is 0.500. The molecule has 0 aliphatic rings. The number of carboxylic acid groups (broad SMARTS) is 1. The molecule has 1 aromatic heterocycles. The number of rotatable bonds is 3. The van der Waals surface area contributed by atoms with E-state index in [1.165, 1.54) is 11.3 Å². The van der Waals surface area contributed by atoms with E-state index >= 15 is 0 Å². The summed E-state index contributed by atoms with van der Waals surface area (Å²) in [5.74, 6) is -0.780. The van der Waals surface area contributed by atoms with E-state index in [9.17, 15) is 4.79 Å². The molecule has 1 rings (SSSR count). The lowest BCUT2D eigenvalue weighted by molar-refractivity contribution is -0.138. The number of nitrogens with zero attached hydrogens (tertiary/aromatic N) is 1. The molecule has 0 saturated heterocycles. The summed E-state index contributed by atoms with van der Waals surface area (Å²) in [7, 11) is 0. The molecule has 0 radical (unpaired) electrons. The molecule has 6 heteroatoms. The summed E-state index contributed by atoms with van der Waals surface area (Å²) in [6, 6.07) is -1.05. The second-order valence-corrected chi connectivity index (χ2v) is 5.53. The van der Waals surface area contributed by atoms with Crippen molar-refractivity contribution >= 4 is 33.2 Å². The van der Waals surface area contributed by atoms with Crippen molar-refractivity contribution in [2.75, 3.05) is 0 Å². The lowest BCUT2D eigenvalue weighted by atomic mass is 10.2. The van der Waals surface area contributed by atoms with Gasteiger partial charge in [0.15, 0.2) is 0 Å². The Morgan fingerprint density at radius 1 is 1.64 bits per heavy atom. The molecule has 3 N–H and O–H groups in total. The zero-order valence-corrected chi connectivity index (χ0v) is 10.2. The topological polar surface area (TPSA) is 76.2 Å². The van der Waals surface area contributed by atoms with E-state index in [-0.39, 0.29) is 5.92 Å². The number of hydrogen-bond acceptors (Lipinski definition) is 4. The van der Waals surface area contributed by atoms with Gasteiger partial charge in [0.2, 0.25) is 0 Å². The highest BCUT2D eigenvalue weighted by Gasteiger charge is 2.22. The summed E-state index contributed by atoms with van der Waals surface area (Å²) in [4.78, 5) is 14.8. The fourth-order valence-corrected chi connectivity index (χ4v) is 2.56. The maximum Gasteiger partial charge on any atom is 0.326 e. The molecule has 0 bridgehead atoms. The molecule has 14 heavy (non-hydrogen) atoms. The van der Waals surface area contributed by atoms with Crippen LogP contribution in [0.5, 0.6) is 0 Å². The highest BCUT2D eigenvalue weighted by molar-refractivity contribution is 9.11. The third-order valence-electron chi connectivity index (χ3n) is 1.68. The Balaban J connectivity index is 3.04. The van der Waals surface area contributed by atoms with Crippen LogP contribution < -0.4 is 5.73 Å². The van der Waals surface area contributed by atoms with E-state index in [4.69, 9.17) is 10.8 Å². The first kappa shape index (κ1) is 11.6. The first-order chi connectivity index (χ1) is 6.43. The number of hydrogen-bond donors (Lipinski definition) is 2. The smallest absolute Gasteiger partial charge is 0.326 e. The molecule has 1 unspecified atom stereocenters. The second-order valence-electron chi connectivity index (χ2n) is 3.18. The predicted octanol–water partition coefficient (Wildman–Crippen LogP) is 2.11. The van der Waals surface area contributed by atoms with Gasteiger partial charge in [0.25, 0.3) is 0 Å². The maximum absolute atomic E-state index is 10.6. The Kier molecular flexibility index (Phi) is 3.63. The van der Waals surface area contributed by atoms with Crippen LogP contribution in [-0.4, -0.2) is 16.1 Å². The maximum atomic E-state index is 10.6. The van der Waals surface area contributed by atoms with Crippen LogP contribution in [-0.2, 0) is 4.79 Å². The highest BCUT2D eigenvalue weighted by Crippen LogP contribution is 2.32. The van der Waals surface area contributed by atoms with Crippen LogP contribution in [0.1, 0.15) is 36.5 Å². The monoisotopic (exact) mass is 278 g/mol. The number of aromatic nitrogens is 1. The van der Waals surface area contributed by atoms with Crippen molar-refractivity contribution in [1.29, 1.82) is 0 Å². The van der Waals surface area contributed by atoms with Crippen molar-refractivity contribution in [3.63, 3.8) is 0 Å². The molecule has 4 nitrogen and oxygen atoms in total. The Bertz CT molecular complexity index is 351. The zero-order valence-electron chi connectivity index (χ0n) is 7.82. The van der Waals surface area contributed by atoms with E-state index < -0.39 is 12.0 Å². The number of thiazole rings is 1. The fourth-order valence-electron chi connectivity index (χ4n) is 0.885. The SMILES string of the molecule is CC(C)c1nc(C(N)C(=O)O)c(Br)s1. The minimum absolute atomic E-state index is 0.283. The lowest BCUT2D eigenvalue weighted by Crippen LogP contribution is -2.21. The molecule has 0 spiro atoms. The van der Waals surface area contributed by atoms with Crippen LogP contribution in [0.15, 0.2) is 3.79 Å². The molecular weight excluding hydrogens is 268 g/mol. The van der Waals surface area contributed by atoms with Gasteiger partial charge in [-0.3, -0.25) is 4.79 Å². The van der Waals surface area contributed by atoms with Gasteiger partial charge in [-0.1, -0.05) is 13.8 Å². The van der Waals surface area contributed by atoms with Crippen LogP contribution >= 0.6 is 27.3 Å². The van der Waals surface area contributed by atoms with Crippen molar-refractivity contribution in [2.24, 2.45) is 5.73 Å². The normalized spacial score (nSPS) is 13.2. The molecule has 0 aliphatic heterocycles. The second kappa shape index (κ2) is 4.37. The molecule has 0 aliphatic carbocycles. The molecular formula is C8H11BrN2O2S. The van der Waals surface area contributed by atoms with Crippen molar-refractivity contribution in [2.45, 2.75) is 25.8 Å². The van der Waals surface area contributed by atoms with Gasteiger partial charge < -0.3 is 10.8 Å². The average Bonchev–Trinajstić information content (AvgIpc) is 2.46.